The first-order valence-corrected chi connectivity index (χ1v) is 7.37. The number of hydrogen-bond acceptors (Lipinski definition) is 3. The van der Waals surface area contributed by atoms with Crippen LogP contribution in [0.3, 0.4) is 0 Å². The summed E-state index contributed by atoms with van der Waals surface area (Å²) >= 11 is 0. The number of likely N-dealkylation sites (tertiary alicyclic amines) is 1. The third-order valence-electron chi connectivity index (χ3n) is 4.11. The van der Waals surface area contributed by atoms with E-state index in [-0.39, 0.29) is 24.2 Å². The Balaban J connectivity index is 1.83. The second kappa shape index (κ2) is 5.06. The summed E-state index contributed by atoms with van der Waals surface area (Å²) < 4.78 is 5.82. The number of amides is 1. The van der Waals surface area contributed by atoms with Crippen LogP contribution in [-0.2, 0) is 9.53 Å². The van der Waals surface area contributed by atoms with E-state index < -0.39 is 0 Å². The number of carbonyl (C=O) groups excluding carboxylic acids is 1. The van der Waals surface area contributed by atoms with Crippen molar-refractivity contribution in [3.63, 3.8) is 0 Å². The minimum Gasteiger partial charge on any atom is -0.361 e. The summed E-state index contributed by atoms with van der Waals surface area (Å²) in [5.74, 6) is 0.133. The molecule has 110 valence electrons. The van der Waals surface area contributed by atoms with Crippen LogP contribution in [0.5, 0.6) is 0 Å². The van der Waals surface area contributed by atoms with Crippen LogP contribution in [0, 0.1) is 5.41 Å². The zero-order valence-electron chi connectivity index (χ0n) is 13.0. The molecule has 0 aliphatic carbocycles. The lowest BCUT2D eigenvalue weighted by Crippen LogP contribution is -2.71. The molecular formula is C15H28N2O2. The highest BCUT2D eigenvalue weighted by atomic mass is 16.5. The van der Waals surface area contributed by atoms with Gasteiger partial charge in [0.05, 0.1) is 6.54 Å². The topological polar surface area (TPSA) is 32.8 Å². The van der Waals surface area contributed by atoms with Crippen LogP contribution in [0.25, 0.3) is 0 Å². The maximum absolute atomic E-state index is 11.8. The van der Waals surface area contributed by atoms with Crippen molar-refractivity contribution in [2.75, 3.05) is 32.8 Å². The molecule has 2 fully saturated rings. The van der Waals surface area contributed by atoms with Crippen LogP contribution in [0.4, 0.5) is 0 Å². The number of rotatable bonds is 3. The van der Waals surface area contributed by atoms with Gasteiger partial charge in [0.25, 0.3) is 0 Å². The highest BCUT2D eigenvalue weighted by Crippen LogP contribution is 2.31. The van der Waals surface area contributed by atoms with E-state index >= 15 is 0 Å². The van der Waals surface area contributed by atoms with E-state index in [1.807, 2.05) is 4.90 Å². The minimum absolute atomic E-state index is 0.0872. The maximum Gasteiger partial charge on any atom is 0.248 e. The lowest BCUT2D eigenvalue weighted by molar-refractivity contribution is -0.198. The average Bonchev–Trinajstić information content (AvgIpc) is 2.23. The number of hydrogen-bond donors (Lipinski definition) is 0. The van der Waals surface area contributed by atoms with E-state index in [2.05, 4.69) is 39.5 Å². The molecule has 0 aromatic heterocycles. The van der Waals surface area contributed by atoms with Gasteiger partial charge in [-0.15, -0.1) is 0 Å². The number of ether oxygens (including phenoxy) is 1. The van der Waals surface area contributed by atoms with Crippen LogP contribution >= 0.6 is 0 Å². The fraction of sp³-hybridized carbons (Fsp3) is 0.933. The predicted molar refractivity (Wildman–Crippen MR) is 76.0 cm³/mol. The molecule has 2 rings (SSSR count). The zero-order chi connectivity index (χ0) is 14.3. The van der Waals surface area contributed by atoms with Crippen LogP contribution in [0.15, 0.2) is 0 Å². The standard InChI is InChI=1S/C15H28N2O2/c1-12(2)17-11-15(19-8-13(17)18)9-16(10-15)7-6-14(3,4)5/h12H,6-11H2,1-5H3. The molecule has 4 heteroatoms. The first-order chi connectivity index (χ1) is 8.71. The Hall–Kier alpha value is -0.610. The first kappa shape index (κ1) is 14.8. The Morgan fingerprint density at radius 3 is 2.42 bits per heavy atom. The third kappa shape index (κ3) is 3.48. The van der Waals surface area contributed by atoms with Gasteiger partial charge in [0.1, 0.15) is 12.2 Å². The molecule has 2 saturated heterocycles. The van der Waals surface area contributed by atoms with E-state index in [1.54, 1.807) is 0 Å². The van der Waals surface area contributed by atoms with Crippen molar-refractivity contribution in [1.29, 1.82) is 0 Å². The summed E-state index contributed by atoms with van der Waals surface area (Å²) in [5.41, 5.74) is 0.298. The van der Waals surface area contributed by atoms with Crippen LogP contribution in [0.2, 0.25) is 0 Å². The summed E-state index contributed by atoms with van der Waals surface area (Å²) in [6, 6.07) is 0.275. The van der Waals surface area contributed by atoms with Gasteiger partial charge in [0.2, 0.25) is 5.91 Å². The van der Waals surface area contributed by atoms with Gasteiger partial charge in [0.15, 0.2) is 0 Å². The third-order valence-corrected chi connectivity index (χ3v) is 4.11. The summed E-state index contributed by atoms with van der Waals surface area (Å²) in [4.78, 5) is 16.2. The van der Waals surface area contributed by atoms with Gasteiger partial charge in [-0.25, -0.2) is 0 Å². The van der Waals surface area contributed by atoms with Crippen LogP contribution in [0.1, 0.15) is 41.0 Å². The predicted octanol–water partition coefficient (Wildman–Crippen LogP) is 1.74. The molecule has 4 nitrogen and oxygen atoms in total. The molecule has 0 saturated carbocycles. The van der Waals surface area contributed by atoms with Gasteiger partial charge in [-0.3, -0.25) is 9.69 Å². The molecule has 0 unspecified atom stereocenters. The fourth-order valence-electron chi connectivity index (χ4n) is 2.82. The molecule has 0 bridgehead atoms. The van der Waals surface area contributed by atoms with E-state index in [1.165, 1.54) is 6.42 Å². The van der Waals surface area contributed by atoms with Gasteiger partial charge in [-0.1, -0.05) is 20.8 Å². The van der Waals surface area contributed by atoms with E-state index in [9.17, 15) is 4.79 Å². The van der Waals surface area contributed by atoms with Gasteiger partial charge in [0, 0.05) is 19.1 Å². The number of carbonyl (C=O) groups is 1. The SMILES string of the molecule is CC(C)N1CC2(CN(CCC(C)(C)C)C2)OCC1=O. The van der Waals surface area contributed by atoms with Gasteiger partial charge in [-0.05, 0) is 32.2 Å². The van der Waals surface area contributed by atoms with Crippen molar-refractivity contribution in [3.05, 3.63) is 0 Å². The summed E-state index contributed by atoms with van der Waals surface area (Å²) in [6.07, 6.45) is 1.20. The van der Waals surface area contributed by atoms with Crippen molar-refractivity contribution in [3.8, 4) is 0 Å². The fourth-order valence-corrected chi connectivity index (χ4v) is 2.82. The molecule has 0 N–H and O–H groups in total. The second-order valence-electron chi connectivity index (χ2n) is 7.61. The molecule has 1 amide bonds. The van der Waals surface area contributed by atoms with Gasteiger partial charge < -0.3 is 9.64 Å². The van der Waals surface area contributed by atoms with Crippen molar-refractivity contribution >= 4 is 5.91 Å². The number of morpholine rings is 1. The Morgan fingerprint density at radius 1 is 1.26 bits per heavy atom. The Labute approximate surface area is 117 Å². The molecule has 0 aromatic rings. The monoisotopic (exact) mass is 268 g/mol. The highest BCUT2D eigenvalue weighted by molar-refractivity contribution is 5.78. The Bertz CT molecular complexity index is 341. The van der Waals surface area contributed by atoms with Crippen LogP contribution in [-0.4, -0.2) is 60.1 Å². The molecule has 2 aliphatic heterocycles. The highest BCUT2D eigenvalue weighted by Gasteiger charge is 2.49. The van der Waals surface area contributed by atoms with Gasteiger partial charge >= 0.3 is 0 Å². The zero-order valence-corrected chi connectivity index (χ0v) is 13.0. The molecule has 2 aliphatic rings. The lowest BCUT2D eigenvalue weighted by Gasteiger charge is -2.54. The average molecular weight is 268 g/mol. The van der Waals surface area contributed by atoms with Crippen molar-refractivity contribution in [2.45, 2.75) is 52.7 Å². The summed E-state index contributed by atoms with van der Waals surface area (Å²) in [5, 5.41) is 0. The lowest BCUT2D eigenvalue weighted by atomic mass is 9.87. The summed E-state index contributed by atoms with van der Waals surface area (Å²) in [7, 11) is 0. The smallest absolute Gasteiger partial charge is 0.248 e. The van der Waals surface area contributed by atoms with Crippen molar-refractivity contribution in [1.82, 2.24) is 9.80 Å². The van der Waals surface area contributed by atoms with Crippen LogP contribution < -0.4 is 0 Å². The molecule has 0 aromatic carbocycles. The number of nitrogens with zero attached hydrogens (tertiary/aromatic N) is 2. The summed E-state index contributed by atoms with van der Waals surface area (Å²) in [6.45, 7) is 15.1. The van der Waals surface area contributed by atoms with E-state index in [0.29, 0.717) is 5.41 Å². The molecule has 0 radical (unpaired) electrons. The minimum atomic E-state index is -0.0872. The molecule has 19 heavy (non-hydrogen) atoms. The van der Waals surface area contributed by atoms with E-state index in [4.69, 9.17) is 4.74 Å². The van der Waals surface area contributed by atoms with Crippen molar-refractivity contribution in [2.24, 2.45) is 5.41 Å². The molecule has 0 atom stereocenters. The maximum atomic E-state index is 11.8. The molecule has 2 heterocycles. The van der Waals surface area contributed by atoms with Gasteiger partial charge in [-0.2, -0.15) is 0 Å². The Kier molecular flexibility index (Phi) is 3.94. The van der Waals surface area contributed by atoms with Crippen molar-refractivity contribution < 1.29 is 9.53 Å². The Morgan fingerprint density at radius 2 is 1.89 bits per heavy atom. The van der Waals surface area contributed by atoms with E-state index in [0.717, 1.165) is 26.2 Å². The normalized spacial score (nSPS) is 24.1. The largest absolute Gasteiger partial charge is 0.361 e. The second-order valence-corrected chi connectivity index (χ2v) is 7.61. The molecular weight excluding hydrogens is 240 g/mol. The quantitative estimate of drug-likeness (QED) is 0.781. The molecule has 1 spiro atoms. The first-order valence-electron chi connectivity index (χ1n) is 7.37.